The third-order valence-corrected chi connectivity index (χ3v) is 5.85. The summed E-state index contributed by atoms with van der Waals surface area (Å²) in [6.07, 6.45) is 0. The van der Waals surface area contributed by atoms with E-state index >= 15 is 0 Å². The van der Waals surface area contributed by atoms with E-state index in [2.05, 4.69) is 4.72 Å². The lowest BCUT2D eigenvalue weighted by atomic mass is 9.87. The van der Waals surface area contributed by atoms with Gasteiger partial charge in [0.25, 0.3) is 10.0 Å². The van der Waals surface area contributed by atoms with Crippen molar-refractivity contribution in [3.63, 3.8) is 0 Å². The van der Waals surface area contributed by atoms with Gasteiger partial charge in [-0.3, -0.25) is 4.72 Å². The summed E-state index contributed by atoms with van der Waals surface area (Å²) in [5.41, 5.74) is 1.13. The number of nitrogens with one attached hydrogen (secondary N) is 1. The predicted octanol–water partition coefficient (Wildman–Crippen LogP) is 5.18. The van der Waals surface area contributed by atoms with E-state index in [9.17, 15) is 12.8 Å². The van der Waals surface area contributed by atoms with Gasteiger partial charge in [0.1, 0.15) is 5.82 Å². The van der Waals surface area contributed by atoms with Gasteiger partial charge in [-0.15, -0.1) is 0 Å². The van der Waals surface area contributed by atoms with Crippen molar-refractivity contribution in [1.82, 2.24) is 0 Å². The lowest BCUT2D eigenvalue weighted by molar-refractivity contribution is 0.587. The van der Waals surface area contributed by atoms with Crippen molar-refractivity contribution in [3.05, 3.63) is 56.4 Å². The van der Waals surface area contributed by atoms with Crippen LogP contribution in [0.15, 0.2) is 41.3 Å². The Morgan fingerprint density at radius 1 is 1.13 bits per heavy atom. The Balaban J connectivity index is 2.34. The molecule has 0 aliphatic rings. The fraction of sp³-hybridized carbons (Fsp3) is 0.250. The molecule has 1 N–H and O–H groups in total. The quantitative estimate of drug-likeness (QED) is 0.499. The fourth-order valence-electron chi connectivity index (χ4n) is 1.94. The van der Waals surface area contributed by atoms with Gasteiger partial charge in [0.2, 0.25) is 0 Å². The van der Waals surface area contributed by atoms with Crippen LogP contribution in [-0.4, -0.2) is 8.42 Å². The van der Waals surface area contributed by atoms with Crippen LogP contribution in [0.2, 0.25) is 5.02 Å². The smallest absolute Gasteiger partial charge is 0.261 e. The lowest BCUT2D eigenvalue weighted by Crippen LogP contribution is -2.15. The number of sulfonamides is 1. The maximum atomic E-state index is 13.6. The summed E-state index contributed by atoms with van der Waals surface area (Å²) in [4.78, 5) is 0.122. The molecule has 0 atom stereocenters. The highest BCUT2D eigenvalue weighted by molar-refractivity contribution is 14.1. The minimum absolute atomic E-state index is 0.0492. The molecule has 0 unspecified atom stereocenters. The van der Waals surface area contributed by atoms with E-state index in [-0.39, 0.29) is 21.0 Å². The lowest BCUT2D eigenvalue weighted by Gasteiger charge is -2.19. The van der Waals surface area contributed by atoms with Crippen LogP contribution < -0.4 is 4.72 Å². The molecule has 2 aromatic rings. The second-order valence-electron chi connectivity index (χ2n) is 6.13. The Morgan fingerprint density at radius 3 is 2.22 bits per heavy atom. The molecule has 7 heteroatoms. The standard InChI is InChI=1S/C16H16ClFINO2S/c1-16(2,3)10-4-6-11(7-5-10)23(21,22)20-15-9-13(18)12(17)8-14(15)19/h4-9,20H,1-3H3. The van der Waals surface area contributed by atoms with Gasteiger partial charge in [0.15, 0.2) is 0 Å². The molecule has 124 valence electrons. The van der Waals surface area contributed by atoms with Gasteiger partial charge in [0, 0.05) is 9.64 Å². The maximum absolute atomic E-state index is 13.6. The van der Waals surface area contributed by atoms with E-state index in [1.54, 1.807) is 24.3 Å². The van der Waals surface area contributed by atoms with Crippen molar-refractivity contribution in [2.75, 3.05) is 4.72 Å². The van der Waals surface area contributed by atoms with E-state index in [0.717, 1.165) is 11.6 Å². The molecule has 0 saturated carbocycles. The monoisotopic (exact) mass is 467 g/mol. The molecule has 0 aliphatic carbocycles. The van der Waals surface area contributed by atoms with Gasteiger partial charge >= 0.3 is 0 Å². The highest BCUT2D eigenvalue weighted by Crippen LogP contribution is 2.28. The zero-order chi connectivity index (χ0) is 17.4. The van der Waals surface area contributed by atoms with Crippen LogP contribution >= 0.6 is 34.2 Å². The first-order valence-corrected chi connectivity index (χ1v) is 9.72. The molecule has 0 radical (unpaired) electrons. The van der Waals surface area contributed by atoms with Crippen molar-refractivity contribution in [1.29, 1.82) is 0 Å². The van der Waals surface area contributed by atoms with Crippen LogP contribution in [-0.2, 0) is 15.4 Å². The number of anilines is 1. The number of hydrogen-bond acceptors (Lipinski definition) is 2. The van der Waals surface area contributed by atoms with Gasteiger partial charge < -0.3 is 0 Å². The molecule has 0 fully saturated rings. The first-order valence-electron chi connectivity index (χ1n) is 6.78. The molecule has 0 aromatic heterocycles. The molecule has 3 nitrogen and oxygen atoms in total. The fourth-order valence-corrected chi connectivity index (χ4v) is 4.14. The van der Waals surface area contributed by atoms with Gasteiger partial charge in [0.05, 0.1) is 15.6 Å². The molecule has 0 aliphatic heterocycles. The van der Waals surface area contributed by atoms with Gasteiger partial charge in [-0.05, 0) is 51.8 Å². The molecule has 23 heavy (non-hydrogen) atoms. The van der Waals surface area contributed by atoms with Crippen molar-refractivity contribution in [2.45, 2.75) is 31.1 Å². The predicted molar refractivity (Wildman–Crippen MR) is 100 cm³/mol. The third kappa shape index (κ3) is 4.36. The van der Waals surface area contributed by atoms with Crippen LogP contribution in [0.1, 0.15) is 26.3 Å². The molecule has 0 amide bonds. The summed E-state index contributed by atoms with van der Waals surface area (Å²) in [6, 6.07) is 9.09. The van der Waals surface area contributed by atoms with E-state index in [4.69, 9.17) is 11.6 Å². The highest BCUT2D eigenvalue weighted by atomic mass is 127. The maximum Gasteiger partial charge on any atom is 0.261 e. The minimum atomic E-state index is -3.79. The Morgan fingerprint density at radius 2 is 1.70 bits per heavy atom. The molecule has 2 rings (SSSR count). The average Bonchev–Trinajstić information content (AvgIpc) is 2.44. The van der Waals surface area contributed by atoms with Crippen LogP contribution in [0.5, 0.6) is 0 Å². The zero-order valence-electron chi connectivity index (χ0n) is 12.8. The zero-order valence-corrected chi connectivity index (χ0v) is 16.6. The summed E-state index contributed by atoms with van der Waals surface area (Å²) >= 11 is 7.58. The Labute approximate surface area is 154 Å². The summed E-state index contributed by atoms with van der Waals surface area (Å²) in [5, 5.41) is -0.0492. The molecule has 0 bridgehead atoms. The Bertz CT molecular complexity index is 830. The average molecular weight is 468 g/mol. The van der Waals surface area contributed by atoms with Crippen molar-refractivity contribution < 1.29 is 12.8 Å². The molecule has 0 saturated heterocycles. The van der Waals surface area contributed by atoms with E-state index in [0.29, 0.717) is 3.57 Å². The third-order valence-electron chi connectivity index (χ3n) is 3.28. The largest absolute Gasteiger partial charge is 0.278 e. The van der Waals surface area contributed by atoms with Crippen molar-refractivity contribution in [2.24, 2.45) is 0 Å². The summed E-state index contributed by atoms with van der Waals surface area (Å²) in [5.74, 6) is -0.673. The van der Waals surface area contributed by atoms with Crippen LogP contribution in [0.4, 0.5) is 10.1 Å². The van der Waals surface area contributed by atoms with Gasteiger partial charge in [-0.2, -0.15) is 0 Å². The second kappa shape index (κ2) is 6.57. The minimum Gasteiger partial charge on any atom is -0.278 e. The molecule has 0 spiro atoms. The van der Waals surface area contributed by atoms with Gasteiger partial charge in [-0.1, -0.05) is 44.5 Å². The van der Waals surface area contributed by atoms with Crippen LogP contribution in [0.25, 0.3) is 0 Å². The summed E-state index contributed by atoms with van der Waals surface area (Å²) in [6.45, 7) is 6.15. The number of benzene rings is 2. The molecule has 2 aromatic carbocycles. The van der Waals surface area contributed by atoms with Crippen molar-refractivity contribution >= 4 is 49.9 Å². The molecule has 0 heterocycles. The first kappa shape index (κ1) is 18.5. The first-order chi connectivity index (χ1) is 10.5. The van der Waals surface area contributed by atoms with Crippen molar-refractivity contribution in [3.8, 4) is 0 Å². The SMILES string of the molecule is CC(C)(C)c1ccc(S(=O)(=O)Nc2cc(F)c(Cl)cc2I)cc1. The Hall–Kier alpha value is -0.860. The second-order valence-corrected chi connectivity index (χ2v) is 9.38. The highest BCUT2D eigenvalue weighted by Gasteiger charge is 2.19. The van der Waals surface area contributed by atoms with Crippen LogP contribution in [0.3, 0.4) is 0 Å². The number of rotatable bonds is 3. The number of halogens is 3. The summed E-state index contributed by atoms with van der Waals surface area (Å²) < 4.78 is 41.3. The topological polar surface area (TPSA) is 46.2 Å². The van der Waals surface area contributed by atoms with Crippen LogP contribution in [0, 0.1) is 9.39 Å². The van der Waals surface area contributed by atoms with E-state index in [1.807, 2.05) is 43.4 Å². The normalized spacial score (nSPS) is 12.3. The van der Waals surface area contributed by atoms with E-state index in [1.165, 1.54) is 6.07 Å². The van der Waals surface area contributed by atoms with E-state index < -0.39 is 15.8 Å². The summed E-state index contributed by atoms with van der Waals surface area (Å²) in [7, 11) is -3.79. The number of hydrogen-bond donors (Lipinski definition) is 1. The molecular weight excluding hydrogens is 452 g/mol. The van der Waals surface area contributed by atoms with Gasteiger partial charge in [-0.25, -0.2) is 12.8 Å². The Kier molecular flexibility index (Phi) is 5.27. The molecular formula is C16H16ClFINO2S.